The van der Waals surface area contributed by atoms with E-state index in [1.54, 1.807) is 13.4 Å². The molecule has 160 valence electrons. The maximum absolute atomic E-state index is 12.7. The van der Waals surface area contributed by atoms with Gasteiger partial charge < -0.3 is 14.5 Å². The van der Waals surface area contributed by atoms with Crippen LogP contribution in [0.4, 0.5) is 5.69 Å². The summed E-state index contributed by atoms with van der Waals surface area (Å²) < 4.78 is 12.6. The van der Waals surface area contributed by atoms with Gasteiger partial charge in [0.1, 0.15) is 5.76 Å². The maximum atomic E-state index is 12.7. The molecular formula is C22H28N4O3S. The maximum Gasteiger partial charge on any atom is 0.234 e. The highest BCUT2D eigenvalue weighted by atomic mass is 32.2. The number of nitrogens with one attached hydrogen (secondary N) is 1. The van der Waals surface area contributed by atoms with Crippen LogP contribution in [0, 0.1) is 6.92 Å². The molecule has 0 aliphatic heterocycles. The number of aromatic nitrogens is 3. The van der Waals surface area contributed by atoms with Gasteiger partial charge in [-0.05, 0) is 37.0 Å². The molecule has 0 saturated carbocycles. The van der Waals surface area contributed by atoms with Crippen molar-refractivity contribution < 1.29 is 13.9 Å². The molecule has 1 amide bonds. The van der Waals surface area contributed by atoms with E-state index in [4.69, 9.17) is 9.15 Å². The summed E-state index contributed by atoms with van der Waals surface area (Å²) in [7, 11) is 1.66. The summed E-state index contributed by atoms with van der Waals surface area (Å²) in [5.41, 5.74) is 4.12. The van der Waals surface area contributed by atoms with Gasteiger partial charge in [0.05, 0.1) is 30.7 Å². The predicted molar refractivity (Wildman–Crippen MR) is 119 cm³/mol. The largest absolute Gasteiger partial charge is 0.469 e. The van der Waals surface area contributed by atoms with Gasteiger partial charge in [-0.2, -0.15) is 0 Å². The summed E-state index contributed by atoms with van der Waals surface area (Å²) in [5, 5.41) is 12.4. The third-order valence-corrected chi connectivity index (χ3v) is 5.90. The average Bonchev–Trinajstić information content (AvgIpc) is 3.36. The van der Waals surface area contributed by atoms with E-state index in [0.29, 0.717) is 24.1 Å². The molecule has 2 heterocycles. The summed E-state index contributed by atoms with van der Waals surface area (Å²) in [5.74, 6) is 1.68. The van der Waals surface area contributed by atoms with Gasteiger partial charge in [0.2, 0.25) is 5.91 Å². The minimum atomic E-state index is -0.0575. The zero-order valence-electron chi connectivity index (χ0n) is 17.9. The van der Waals surface area contributed by atoms with E-state index in [2.05, 4.69) is 41.5 Å². The number of benzene rings is 1. The van der Waals surface area contributed by atoms with Crippen molar-refractivity contribution in [1.29, 1.82) is 0 Å². The fourth-order valence-electron chi connectivity index (χ4n) is 3.30. The Bertz CT molecular complexity index is 974. The second-order valence-corrected chi connectivity index (χ2v) is 7.78. The SMILES string of the molecule is CCc1cccc(CC)c1NC(=O)CSc1nnc(-c2ccoc2C)n1CCOC. The van der Waals surface area contributed by atoms with E-state index in [9.17, 15) is 4.79 Å². The number of anilines is 1. The third-order valence-electron chi connectivity index (χ3n) is 4.93. The number of carbonyl (C=O) groups excluding carboxylic acids is 1. The van der Waals surface area contributed by atoms with Gasteiger partial charge in [-0.3, -0.25) is 9.36 Å². The van der Waals surface area contributed by atoms with E-state index in [1.807, 2.05) is 23.6 Å². The molecule has 7 nitrogen and oxygen atoms in total. The number of amides is 1. The molecule has 3 aromatic rings. The monoisotopic (exact) mass is 428 g/mol. The van der Waals surface area contributed by atoms with Crippen LogP contribution in [0.15, 0.2) is 40.1 Å². The number of methoxy groups -OCH3 is 1. The molecule has 0 spiro atoms. The number of thioether (sulfide) groups is 1. The second kappa shape index (κ2) is 10.4. The molecule has 3 rings (SSSR count). The minimum Gasteiger partial charge on any atom is -0.469 e. The molecule has 0 fully saturated rings. The standard InChI is InChI=1S/C22H28N4O3S/c1-5-16-8-7-9-17(6-2)20(16)23-19(27)14-30-22-25-24-21(26(22)11-13-28-4)18-10-12-29-15(18)3/h7-10,12H,5-6,11,13-14H2,1-4H3,(H,23,27). The Balaban J connectivity index is 1.75. The van der Waals surface area contributed by atoms with Gasteiger partial charge in [-0.25, -0.2) is 0 Å². The summed E-state index contributed by atoms with van der Waals surface area (Å²) in [6, 6.07) is 8.03. The van der Waals surface area contributed by atoms with Crippen LogP contribution in [0.1, 0.15) is 30.7 Å². The Morgan fingerprint density at radius 3 is 2.53 bits per heavy atom. The van der Waals surface area contributed by atoms with Crippen LogP contribution in [-0.4, -0.2) is 40.1 Å². The topological polar surface area (TPSA) is 82.2 Å². The lowest BCUT2D eigenvalue weighted by atomic mass is 10.0. The van der Waals surface area contributed by atoms with Crippen molar-refractivity contribution in [3.63, 3.8) is 0 Å². The van der Waals surface area contributed by atoms with Crippen LogP contribution >= 0.6 is 11.8 Å². The first-order chi connectivity index (χ1) is 14.6. The number of rotatable bonds is 10. The highest BCUT2D eigenvalue weighted by molar-refractivity contribution is 7.99. The van der Waals surface area contributed by atoms with Gasteiger partial charge in [0.25, 0.3) is 0 Å². The van der Waals surface area contributed by atoms with Crippen molar-refractivity contribution in [2.24, 2.45) is 0 Å². The molecule has 1 N–H and O–H groups in total. The van der Waals surface area contributed by atoms with Crippen molar-refractivity contribution in [2.45, 2.75) is 45.3 Å². The molecule has 1 aromatic carbocycles. The first-order valence-corrected chi connectivity index (χ1v) is 11.1. The Kier molecular flexibility index (Phi) is 7.70. The van der Waals surface area contributed by atoms with Crippen LogP contribution in [0.2, 0.25) is 0 Å². The van der Waals surface area contributed by atoms with Crippen molar-refractivity contribution in [2.75, 3.05) is 24.8 Å². The minimum absolute atomic E-state index is 0.0575. The zero-order chi connectivity index (χ0) is 21.5. The number of hydrogen-bond donors (Lipinski definition) is 1. The Morgan fingerprint density at radius 1 is 1.20 bits per heavy atom. The van der Waals surface area contributed by atoms with Crippen LogP contribution in [0.25, 0.3) is 11.4 Å². The molecule has 2 aromatic heterocycles. The van der Waals surface area contributed by atoms with E-state index in [-0.39, 0.29) is 11.7 Å². The number of ether oxygens (including phenoxy) is 1. The third kappa shape index (κ3) is 4.94. The zero-order valence-corrected chi connectivity index (χ0v) is 18.7. The number of nitrogens with zero attached hydrogens (tertiary/aromatic N) is 3. The van der Waals surface area contributed by atoms with Gasteiger partial charge in [-0.15, -0.1) is 10.2 Å². The number of carbonyl (C=O) groups is 1. The molecule has 0 unspecified atom stereocenters. The Labute approximate surface area is 181 Å². The highest BCUT2D eigenvalue weighted by Crippen LogP contribution is 2.28. The number of hydrogen-bond acceptors (Lipinski definition) is 6. The summed E-state index contributed by atoms with van der Waals surface area (Å²) in [6.45, 7) is 7.19. The van der Waals surface area contributed by atoms with Crippen LogP contribution in [0.3, 0.4) is 0 Å². The molecule has 0 atom stereocenters. The van der Waals surface area contributed by atoms with E-state index in [1.165, 1.54) is 11.8 Å². The first kappa shape index (κ1) is 22.1. The van der Waals surface area contributed by atoms with Gasteiger partial charge in [-0.1, -0.05) is 43.8 Å². The second-order valence-electron chi connectivity index (χ2n) is 6.84. The number of para-hydroxylation sites is 1. The summed E-state index contributed by atoms with van der Waals surface area (Å²) >= 11 is 1.37. The predicted octanol–water partition coefficient (Wildman–Crippen LogP) is 4.35. The molecule has 0 bridgehead atoms. The van der Waals surface area contributed by atoms with Gasteiger partial charge >= 0.3 is 0 Å². The highest BCUT2D eigenvalue weighted by Gasteiger charge is 2.19. The molecular weight excluding hydrogens is 400 g/mol. The molecule has 0 aliphatic rings. The molecule has 0 aliphatic carbocycles. The van der Waals surface area contributed by atoms with Crippen molar-refractivity contribution in [3.05, 3.63) is 47.4 Å². The van der Waals surface area contributed by atoms with E-state index >= 15 is 0 Å². The van der Waals surface area contributed by atoms with Crippen LogP contribution in [0.5, 0.6) is 0 Å². The summed E-state index contributed by atoms with van der Waals surface area (Å²) in [6.07, 6.45) is 3.38. The van der Waals surface area contributed by atoms with Gasteiger partial charge in [0.15, 0.2) is 11.0 Å². The Morgan fingerprint density at radius 2 is 1.93 bits per heavy atom. The van der Waals surface area contributed by atoms with Crippen molar-refractivity contribution in [1.82, 2.24) is 14.8 Å². The number of furan rings is 1. The fourth-order valence-corrected chi connectivity index (χ4v) is 4.07. The van der Waals surface area contributed by atoms with Crippen LogP contribution < -0.4 is 5.32 Å². The molecule has 0 saturated heterocycles. The van der Waals surface area contributed by atoms with Crippen molar-refractivity contribution in [3.8, 4) is 11.4 Å². The first-order valence-electron chi connectivity index (χ1n) is 10.1. The lowest BCUT2D eigenvalue weighted by molar-refractivity contribution is -0.113. The van der Waals surface area contributed by atoms with E-state index < -0.39 is 0 Å². The fraction of sp³-hybridized carbons (Fsp3) is 0.409. The van der Waals surface area contributed by atoms with Crippen LogP contribution in [-0.2, 0) is 28.9 Å². The van der Waals surface area contributed by atoms with Crippen molar-refractivity contribution >= 4 is 23.4 Å². The Hall–Kier alpha value is -2.58. The lowest BCUT2D eigenvalue weighted by Gasteiger charge is -2.14. The van der Waals surface area contributed by atoms with E-state index in [0.717, 1.165) is 41.0 Å². The molecule has 8 heteroatoms. The van der Waals surface area contributed by atoms with Gasteiger partial charge in [0, 0.05) is 12.8 Å². The molecule has 0 radical (unpaired) electrons. The number of aryl methyl sites for hydroxylation is 3. The quantitative estimate of drug-likeness (QED) is 0.484. The molecule has 30 heavy (non-hydrogen) atoms. The lowest BCUT2D eigenvalue weighted by Crippen LogP contribution is -2.17. The smallest absolute Gasteiger partial charge is 0.234 e. The average molecular weight is 429 g/mol. The normalized spacial score (nSPS) is 11.1. The summed E-state index contributed by atoms with van der Waals surface area (Å²) in [4.78, 5) is 12.7.